The third-order valence-corrected chi connectivity index (χ3v) is 5.32. The molecule has 8 nitrogen and oxygen atoms in total. The van der Waals surface area contributed by atoms with Crippen molar-refractivity contribution in [1.29, 1.82) is 0 Å². The van der Waals surface area contributed by atoms with Gasteiger partial charge < -0.3 is 9.80 Å². The molecular formula is C21H18ClN5O3. The van der Waals surface area contributed by atoms with Crippen LogP contribution >= 0.6 is 11.6 Å². The number of carbonyl (C=O) groups excluding carboxylic acids is 1. The summed E-state index contributed by atoms with van der Waals surface area (Å²) < 4.78 is 0. The first kappa shape index (κ1) is 19.8. The van der Waals surface area contributed by atoms with Crippen molar-refractivity contribution in [3.63, 3.8) is 0 Å². The van der Waals surface area contributed by atoms with E-state index in [0.717, 1.165) is 17.1 Å². The predicted octanol–water partition coefficient (Wildman–Crippen LogP) is 3.67. The minimum Gasteiger partial charge on any atom is -0.352 e. The van der Waals surface area contributed by atoms with E-state index < -0.39 is 4.92 Å². The molecule has 0 bridgehead atoms. The highest BCUT2D eigenvalue weighted by Crippen LogP contribution is 2.26. The molecule has 1 aliphatic heterocycles. The number of benzene rings is 2. The van der Waals surface area contributed by atoms with E-state index in [1.807, 2.05) is 42.5 Å². The summed E-state index contributed by atoms with van der Waals surface area (Å²) in [6.07, 6.45) is 0. The molecule has 0 N–H and O–H groups in total. The lowest BCUT2D eigenvalue weighted by molar-refractivity contribution is -0.384. The summed E-state index contributed by atoms with van der Waals surface area (Å²) >= 11 is 5.83. The van der Waals surface area contributed by atoms with E-state index in [4.69, 9.17) is 11.6 Å². The van der Waals surface area contributed by atoms with Gasteiger partial charge in [0.15, 0.2) is 5.82 Å². The van der Waals surface area contributed by atoms with Crippen LogP contribution in [0.25, 0.3) is 11.3 Å². The Labute approximate surface area is 177 Å². The van der Waals surface area contributed by atoms with Gasteiger partial charge in [0.2, 0.25) is 0 Å². The van der Waals surface area contributed by atoms with E-state index in [0.29, 0.717) is 26.2 Å². The highest BCUT2D eigenvalue weighted by Gasteiger charge is 2.25. The number of carbonyl (C=O) groups is 1. The molecule has 0 aliphatic carbocycles. The number of nitrogens with zero attached hydrogens (tertiary/aromatic N) is 5. The van der Waals surface area contributed by atoms with E-state index in [1.54, 1.807) is 4.90 Å². The van der Waals surface area contributed by atoms with Gasteiger partial charge in [-0.05, 0) is 24.3 Å². The first-order valence-electron chi connectivity index (χ1n) is 9.40. The quantitative estimate of drug-likeness (QED) is 0.469. The van der Waals surface area contributed by atoms with Crippen molar-refractivity contribution in [3.05, 3.63) is 81.4 Å². The van der Waals surface area contributed by atoms with Crippen LogP contribution in [-0.2, 0) is 0 Å². The number of piperazine rings is 1. The van der Waals surface area contributed by atoms with Crippen LogP contribution in [-0.4, -0.2) is 52.1 Å². The fraction of sp³-hybridized carbons (Fsp3) is 0.190. The zero-order chi connectivity index (χ0) is 21.1. The van der Waals surface area contributed by atoms with Crippen LogP contribution in [0.2, 0.25) is 5.02 Å². The topological polar surface area (TPSA) is 92.5 Å². The van der Waals surface area contributed by atoms with Gasteiger partial charge in [-0.1, -0.05) is 41.9 Å². The summed E-state index contributed by atoms with van der Waals surface area (Å²) in [7, 11) is 0. The zero-order valence-corrected chi connectivity index (χ0v) is 16.7. The van der Waals surface area contributed by atoms with Crippen molar-refractivity contribution in [1.82, 2.24) is 15.1 Å². The largest absolute Gasteiger partial charge is 0.352 e. The molecule has 1 amide bonds. The van der Waals surface area contributed by atoms with E-state index >= 15 is 0 Å². The van der Waals surface area contributed by atoms with Crippen molar-refractivity contribution >= 4 is 29.0 Å². The fourth-order valence-corrected chi connectivity index (χ4v) is 3.55. The highest BCUT2D eigenvalue weighted by atomic mass is 35.5. The number of anilines is 1. The predicted molar refractivity (Wildman–Crippen MR) is 114 cm³/mol. The smallest absolute Gasteiger partial charge is 0.288 e. The van der Waals surface area contributed by atoms with Crippen LogP contribution in [0.3, 0.4) is 0 Å². The minimum atomic E-state index is -0.588. The van der Waals surface area contributed by atoms with Crippen molar-refractivity contribution in [2.24, 2.45) is 0 Å². The molecule has 152 valence electrons. The van der Waals surface area contributed by atoms with E-state index in [-0.39, 0.29) is 22.2 Å². The van der Waals surface area contributed by atoms with Crippen LogP contribution in [0.5, 0.6) is 0 Å². The second-order valence-corrected chi connectivity index (χ2v) is 7.25. The lowest BCUT2D eigenvalue weighted by Gasteiger charge is -2.35. The maximum Gasteiger partial charge on any atom is 0.288 e. The lowest BCUT2D eigenvalue weighted by Crippen LogP contribution is -2.49. The second kappa shape index (κ2) is 8.46. The molecule has 1 aliphatic rings. The van der Waals surface area contributed by atoms with Gasteiger partial charge in [-0.2, -0.15) is 0 Å². The van der Waals surface area contributed by atoms with Crippen molar-refractivity contribution in [2.45, 2.75) is 0 Å². The molecule has 0 radical (unpaired) electrons. The molecule has 1 aromatic heterocycles. The number of nitro benzene ring substituents is 1. The van der Waals surface area contributed by atoms with Gasteiger partial charge in [0.05, 0.1) is 10.6 Å². The van der Waals surface area contributed by atoms with Crippen LogP contribution < -0.4 is 4.90 Å². The van der Waals surface area contributed by atoms with Crippen LogP contribution in [0, 0.1) is 10.1 Å². The molecule has 0 saturated carbocycles. The summed E-state index contributed by atoms with van der Waals surface area (Å²) in [5, 5.41) is 19.7. The number of hydrogen-bond donors (Lipinski definition) is 0. The van der Waals surface area contributed by atoms with Gasteiger partial charge in [0.1, 0.15) is 5.02 Å². The Morgan fingerprint density at radius 2 is 1.70 bits per heavy atom. The number of rotatable bonds is 4. The average Bonchev–Trinajstić information content (AvgIpc) is 2.79. The Kier molecular flexibility index (Phi) is 5.58. The SMILES string of the molecule is O=C(c1ccc(Cl)c([N+](=O)[O-])c1)N1CCN(c2ccc(-c3ccccc3)nn2)CC1. The molecule has 0 spiro atoms. The molecule has 9 heteroatoms. The molecule has 2 heterocycles. The fourth-order valence-electron chi connectivity index (χ4n) is 3.36. The van der Waals surface area contributed by atoms with Crippen molar-refractivity contribution in [3.8, 4) is 11.3 Å². The van der Waals surface area contributed by atoms with Crippen LogP contribution in [0.15, 0.2) is 60.7 Å². The number of amides is 1. The van der Waals surface area contributed by atoms with Gasteiger partial charge in [-0.3, -0.25) is 14.9 Å². The van der Waals surface area contributed by atoms with Gasteiger partial charge in [0.25, 0.3) is 11.6 Å². The van der Waals surface area contributed by atoms with Gasteiger partial charge in [0, 0.05) is 43.4 Å². The third kappa shape index (κ3) is 4.08. The normalized spacial score (nSPS) is 13.9. The summed E-state index contributed by atoms with van der Waals surface area (Å²) in [6.45, 7) is 2.16. The summed E-state index contributed by atoms with van der Waals surface area (Å²) in [5.74, 6) is 0.504. The third-order valence-electron chi connectivity index (χ3n) is 5.00. The van der Waals surface area contributed by atoms with Crippen LogP contribution in [0.1, 0.15) is 10.4 Å². The van der Waals surface area contributed by atoms with E-state index in [9.17, 15) is 14.9 Å². The summed E-state index contributed by atoms with van der Waals surface area (Å²) in [6, 6.07) is 17.8. The first-order valence-corrected chi connectivity index (χ1v) is 9.78. The molecule has 3 aromatic rings. The molecule has 2 aromatic carbocycles. The lowest BCUT2D eigenvalue weighted by atomic mass is 10.1. The molecule has 1 saturated heterocycles. The monoisotopic (exact) mass is 423 g/mol. The summed E-state index contributed by atoms with van der Waals surface area (Å²) in [4.78, 5) is 27.0. The molecule has 1 fully saturated rings. The highest BCUT2D eigenvalue weighted by molar-refractivity contribution is 6.32. The van der Waals surface area contributed by atoms with Gasteiger partial charge in [-0.25, -0.2) is 0 Å². The molecular weight excluding hydrogens is 406 g/mol. The van der Waals surface area contributed by atoms with E-state index in [1.165, 1.54) is 18.2 Å². The van der Waals surface area contributed by atoms with Crippen molar-refractivity contribution < 1.29 is 9.72 Å². The Morgan fingerprint density at radius 3 is 2.33 bits per heavy atom. The standard InChI is InChI=1S/C21H18ClN5O3/c22-17-7-6-16(14-19(17)27(29)30)21(28)26-12-10-25(11-13-26)20-9-8-18(23-24-20)15-4-2-1-3-5-15/h1-9,14H,10-13H2. The van der Waals surface area contributed by atoms with Crippen molar-refractivity contribution in [2.75, 3.05) is 31.1 Å². The Hall–Kier alpha value is -3.52. The number of aromatic nitrogens is 2. The Morgan fingerprint density at radius 1 is 0.967 bits per heavy atom. The molecule has 0 atom stereocenters. The number of hydrogen-bond acceptors (Lipinski definition) is 6. The van der Waals surface area contributed by atoms with Gasteiger partial charge in [-0.15, -0.1) is 10.2 Å². The molecule has 4 rings (SSSR count). The first-order chi connectivity index (χ1) is 14.5. The average molecular weight is 424 g/mol. The molecule has 0 unspecified atom stereocenters. The second-order valence-electron chi connectivity index (χ2n) is 6.85. The maximum atomic E-state index is 12.7. The van der Waals surface area contributed by atoms with Gasteiger partial charge >= 0.3 is 0 Å². The van der Waals surface area contributed by atoms with E-state index in [2.05, 4.69) is 15.1 Å². The maximum absolute atomic E-state index is 12.7. The number of halogens is 1. The summed E-state index contributed by atoms with van der Waals surface area (Å²) in [5.41, 5.74) is 1.79. The molecule has 30 heavy (non-hydrogen) atoms. The number of nitro groups is 1. The minimum absolute atomic E-state index is 0.0129. The Bertz CT molecular complexity index is 1070. The van der Waals surface area contributed by atoms with Crippen LogP contribution in [0.4, 0.5) is 11.5 Å². The zero-order valence-electron chi connectivity index (χ0n) is 15.9. The Balaban J connectivity index is 1.41.